The molecular weight excluding hydrogens is 266 g/mol. The van der Waals surface area contributed by atoms with Gasteiger partial charge in [-0.1, -0.05) is 0 Å². The van der Waals surface area contributed by atoms with E-state index in [0.29, 0.717) is 12.6 Å². The summed E-state index contributed by atoms with van der Waals surface area (Å²) in [6, 6.07) is 0.355. The number of carbonyl (C=O) groups is 1. The smallest absolute Gasteiger partial charge is 0.324 e. The van der Waals surface area contributed by atoms with E-state index >= 15 is 0 Å². The number of piperazine rings is 1. The second-order valence-corrected chi connectivity index (χ2v) is 7.20. The lowest BCUT2D eigenvalue weighted by molar-refractivity contribution is -0.146. The molecule has 1 atom stereocenters. The van der Waals surface area contributed by atoms with Crippen molar-refractivity contribution in [2.75, 3.05) is 39.3 Å². The minimum atomic E-state index is -0.168. The molecule has 0 aromatic carbocycles. The molecule has 122 valence electrons. The molecule has 1 aliphatic heterocycles. The van der Waals surface area contributed by atoms with Gasteiger partial charge in [0.25, 0.3) is 0 Å². The highest BCUT2D eigenvalue weighted by Crippen LogP contribution is 2.20. The average Bonchev–Trinajstić information content (AvgIpc) is 3.22. The molecule has 1 unspecified atom stereocenters. The number of esters is 1. The van der Waals surface area contributed by atoms with Gasteiger partial charge in [0.05, 0.1) is 6.61 Å². The van der Waals surface area contributed by atoms with Gasteiger partial charge < -0.3 is 10.1 Å². The first-order valence-corrected chi connectivity index (χ1v) is 8.30. The molecule has 2 fully saturated rings. The highest BCUT2D eigenvalue weighted by Gasteiger charge is 2.32. The summed E-state index contributed by atoms with van der Waals surface area (Å²) in [5, 5.41) is 3.43. The molecule has 21 heavy (non-hydrogen) atoms. The summed E-state index contributed by atoms with van der Waals surface area (Å²) in [7, 11) is 0. The lowest BCUT2D eigenvalue weighted by Crippen LogP contribution is -2.56. The summed E-state index contributed by atoms with van der Waals surface area (Å²) in [5.41, 5.74) is 0.235. The van der Waals surface area contributed by atoms with E-state index in [1.54, 1.807) is 0 Å². The Labute approximate surface area is 129 Å². The molecule has 1 heterocycles. The number of rotatable bonds is 6. The van der Waals surface area contributed by atoms with Gasteiger partial charge in [0.1, 0.15) is 6.04 Å². The van der Waals surface area contributed by atoms with Crippen LogP contribution in [-0.2, 0) is 9.53 Å². The van der Waals surface area contributed by atoms with Crippen molar-refractivity contribution < 1.29 is 9.53 Å². The monoisotopic (exact) mass is 297 g/mol. The number of carbonyl (C=O) groups excluding carboxylic acids is 1. The molecule has 2 aliphatic rings. The summed E-state index contributed by atoms with van der Waals surface area (Å²) in [4.78, 5) is 17.0. The lowest BCUT2D eigenvalue weighted by atomic mass is 10.0. The molecule has 1 saturated heterocycles. The number of ether oxygens (including phenoxy) is 1. The minimum Gasteiger partial charge on any atom is -0.465 e. The average molecular weight is 297 g/mol. The number of nitrogens with zero attached hydrogens (tertiary/aromatic N) is 2. The van der Waals surface area contributed by atoms with E-state index in [4.69, 9.17) is 4.74 Å². The molecule has 0 bridgehead atoms. The largest absolute Gasteiger partial charge is 0.465 e. The lowest BCUT2D eigenvalue weighted by Gasteiger charge is -2.42. The van der Waals surface area contributed by atoms with E-state index in [1.807, 2.05) is 6.92 Å². The standard InChI is InChI=1S/C16H31N3O2/c1-5-21-15(20)14(17-13-6-7-13)12-18-8-10-19(11-9-18)16(2,3)4/h13-14,17H,5-12H2,1-4H3. The molecule has 0 aromatic heterocycles. The van der Waals surface area contributed by atoms with Gasteiger partial charge in [-0.15, -0.1) is 0 Å². The second-order valence-electron chi connectivity index (χ2n) is 7.20. The van der Waals surface area contributed by atoms with Gasteiger partial charge in [-0.25, -0.2) is 0 Å². The van der Waals surface area contributed by atoms with Crippen LogP contribution in [0.5, 0.6) is 0 Å². The van der Waals surface area contributed by atoms with Crippen LogP contribution < -0.4 is 5.32 Å². The van der Waals surface area contributed by atoms with Crippen LogP contribution in [0, 0.1) is 0 Å². The van der Waals surface area contributed by atoms with E-state index in [9.17, 15) is 4.79 Å². The highest BCUT2D eigenvalue weighted by atomic mass is 16.5. The first-order valence-electron chi connectivity index (χ1n) is 8.30. The fourth-order valence-corrected chi connectivity index (χ4v) is 2.83. The van der Waals surface area contributed by atoms with Crippen molar-refractivity contribution in [1.82, 2.24) is 15.1 Å². The number of hydrogen-bond acceptors (Lipinski definition) is 5. The summed E-state index contributed by atoms with van der Waals surface area (Å²) in [6.07, 6.45) is 2.38. The van der Waals surface area contributed by atoms with Gasteiger partial charge in [-0.3, -0.25) is 14.6 Å². The molecule has 2 rings (SSSR count). The van der Waals surface area contributed by atoms with Crippen molar-refractivity contribution in [3.05, 3.63) is 0 Å². The zero-order valence-electron chi connectivity index (χ0n) is 14.0. The van der Waals surface area contributed by atoms with Crippen LogP contribution in [0.25, 0.3) is 0 Å². The summed E-state index contributed by atoms with van der Waals surface area (Å²) >= 11 is 0. The van der Waals surface area contributed by atoms with Crippen molar-refractivity contribution in [3.63, 3.8) is 0 Å². The fraction of sp³-hybridized carbons (Fsp3) is 0.938. The Hall–Kier alpha value is -0.650. The number of hydrogen-bond donors (Lipinski definition) is 1. The zero-order valence-corrected chi connectivity index (χ0v) is 14.0. The maximum absolute atomic E-state index is 12.1. The Kier molecular flexibility index (Phi) is 5.63. The van der Waals surface area contributed by atoms with Crippen molar-refractivity contribution in [3.8, 4) is 0 Å². The van der Waals surface area contributed by atoms with Crippen molar-refractivity contribution in [2.45, 2.75) is 58.2 Å². The Bertz CT molecular complexity index is 342. The Morgan fingerprint density at radius 1 is 1.24 bits per heavy atom. The summed E-state index contributed by atoms with van der Waals surface area (Å²) in [5.74, 6) is -0.0948. The highest BCUT2D eigenvalue weighted by molar-refractivity contribution is 5.76. The van der Waals surface area contributed by atoms with E-state index in [0.717, 1.165) is 32.7 Å². The van der Waals surface area contributed by atoms with E-state index in [-0.39, 0.29) is 17.6 Å². The molecule has 0 spiro atoms. The van der Waals surface area contributed by atoms with Crippen LogP contribution in [0.4, 0.5) is 0 Å². The predicted octanol–water partition coefficient (Wildman–Crippen LogP) is 1.09. The van der Waals surface area contributed by atoms with Crippen molar-refractivity contribution in [1.29, 1.82) is 0 Å². The first-order chi connectivity index (χ1) is 9.90. The topological polar surface area (TPSA) is 44.8 Å². The molecule has 0 amide bonds. The molecule has 0 aromatic rings. The zero-order chi connectivity index (χ0) is 15.5. The molecule has 5 nitrogen and oxygen atoms in total. The van der Waals surface area contributed by atoms with Crippen LogP contribution >= 0.6 is 0 Å². The van der Waals surface area contributed by atoms with Crippen LogP contribution in [0.1, 0.15) is 40.5 Å². The van der Waals surface area contributed by atoms with E-state index in [1.165, 1.54) is 12.8 Å². The van der Waals surface area contributed by atoms with Crippen LogP contribution in [-0.4, -0.2) is 72.7 Å². The maximum atomic E-state index is 12.1. The SMILES string of the molecule is CCOC(=O)C(CN1CCN(C(C)(C)C)CC1)NC1CC1. The van der Waals surface area contributed by atoms with Crippen molar-refractivity contribution in [2.24, 2.45) is 0 Å². The quantitative estimate of drug-likeness (QED) is 0.744. The van der Waals surface area contributed by atoms with Gasteiger partial charge in [0, 0.05) is 44.3 Å². The molecule has 5 heteroatoms. The van der Waals surface area contributed by atoms with Gasteiger partial charge in [0.2, 0.25) is 0 Å². The fourth-order valence-electron chi connectivity index (χ4n) is 2.83. The second kappa shape index (κ2) is 7.07. The summed E-state index contributed by atoms with van der Waals surface area (Å²) in [6.45, 7) is 14.1. The van der Waals surface area contributed by atoms with Gasteiger partial charge >= 0.3 is 5.97 Å². The minimum absolute atomic E-state index is 0.0948. The third-order valence-corrected chi connectivity index (χ3v) is 4.35. The van der Waals surface area contributed by atoms with Crippen LogP contribution in [0.15, 0.2) is 0 Å². The third-order valence-electron chi connectivity index (χ3n) is 4.35. The predicted molar refractivity (Wildman–Crippen MR) is 84.3 cm³/mol. The van der Waals surface area contributed by atoms with Gasteiger partial charge in [-0.05, 0) is 40.5 Å². The first kappa shape index (κ1) is 16.7. The van der Waals surface area contributed by atoms with E-state index < -0.39 is 0 Å². The molecule has 1 aliphatic carbocycles. The van der Waals surface area contributed by atoms with Gasteiger partial charge in [0.15, 0.2) is 0 Å². The molecular formula is C16H31N3O2. The van der Waals surface area contributed by atoms with Gasteiger partial charge in [-0.2, -0.15) is 0 Å². The van der Waals surface area contributed by atoms with Crippen LogP contribution in [0.3, 0.4) is 0 Å². The number of nitrogens with one attached hydrogen (secondary N) is 1. The molecule has 1 saturated carbocycles. The molecule has 0 radical (unpaired) electrons. The Balaban J connectivity index is 1.82. The Morgan fingerprint density at radius 2 is 1.86 bits per heavy atom. The van der Waals surface area contributed by atoms with Crippen molar-refractivity contribution >= 4 is 5.97 Å². The normalized spacial score (nSPS) is 23.0. The molecule has 1 N–H and O–H groups in total. The van der Waals surface area contributed by atoms with E-state index in [2.05, 4.69) is 35.9 Å². The summed E-state index contributed by atoms with van der Waals surface area (Å²) < 4.78 is 5.21. The van der Waals surface area contributed by atoms with Crippen LogP contribution in [0.2, 0.25) is 0 Å². The maximum Gasteiger partial charge on any atom is 0.324 e. The third kappa shape index (κ3) is 5.24. The Morgan fingerprint density at radius 3 is 2.33 bits per heavy atom.